The fourth-order valence-electron chi connectivity index (χ4n) is 6.47. The Kier molecular flexibility index (Phi) is 13.4. The van der Waals surface area contributed by atoms with E-state index in [2.05, 4.69) is 55.3 Å². The minimum Gasteiger partial charge on any atom is -0.495 e. The summed E-state index contributed by atoms with van der Waals surface area (Å²) in [7, 11) is 1.72. The first-order valence-corrected chi connectivity index (χ1v) is 17.9. The van der Waals surface area contributed by atoms with E-state index in [0.29, 0.717) is 43.0 Å². The number of methoxy groups -OCH3 is 1. The van der Waals surface area contributed by atoms with Gasteiger partial charge in [0, 0.05) is 84.9 Å². The highest BCUT2D eigenvalue weighted by atomic mass is 79.9. The lowest BCUT2D eigenvalue weighted by atomic mass is 10.0. The number of rotatable bonds is 16. The Bertz CT molecular complexity index is 1920. The van der Waals surface area contributed by atoms with E-state index in [0.717, 1.165) is 77.2 Å². The number of piperazine rings is 1. The van der Waals surface area contributed by atoms with E-state index in [1.165, 1.54) is 0 Å². The van der Waals surface area contributed by atoms with Crippen LogP contribution in [0, 0.1) is 0 Å². The van der Waals surface area contributed by atoms with Crippen LogP contribution in [-0.4, -0.2) is 72.8 Å². The number of para-hydroxylation sites is 3. The van der Waals surface area contributed by atoms with Crippen molar-refractivity contribution in [2.24, 2.45) is 0 Å². The van der Waals surface area contributed by atoms with E-state index in [9.17, 15) is 9.59 Å². The van der Waals surface area contributed by atoms with Crippen LogP contribution in [0.4, 0.5) is 11.4 Å². The van der Waals surface area contributed by atoms with E-state index in [1.54, 1.807) is 7.11 Å². The summed E-state index contributed by atoms with van der Waals surface area (Å²) in [6.45, 7) is 6.36. The average molecular weight is 776 g/mol. The maximum absolute atomic E-state index is 14.0. The number of nitrogens with zero attached hydrogens (tertiary/aromatic N) is 3. The molecule has 1 aliphatic rings. The van der Waals surface area contributed by atoms with Gasteiger partial charge in [0.25, 0.3) is 0 Å². The Balaban J connectivity index is 0.00000504. The SMILES string of the molecule is COc1ccccc1N1CCN(CCCOc2cc(C(=O)c3cn(CCCC(=O)O)c4ccccc34)ccc2NCc2ccc(Br)cc2)CC1.Cl. The van der Waals surface area contributed by atoms with Crippen molar-refractivity contribution in [3.05, 3.63) is 118 Å². The van der Waals surface area contributed by atoms with Crippen molar-refractivity contribution in [1.29, 1.82) is 0 Å². The van der Waals surface area contributed by atoms with Gasteiger partial charge in [0.2, 0.25) is 0 Å². The number of ether oxygens (including phenoxy) is 2. The van der Waals surface area contributed by atoms with Crippen LogP contribution in [0.1, 0.15) is 40.7 Å². The quantitative estimate of drug-likeness (QED) is 0.0767. The minimum atomic E-state index is -0.828. The summed E-state index contributed by atoms with van der Waals surface area (Å²) in [5.41, 5.74) is 5.13. The lowest BCUT2D eigenvalue weighted by Gasteiger charge is -2.36. The predicted molar refractivity (Wildman–Crippen MR) is 209 cm³/mol. The molecular weight excluding hydrogens is 732 g/mol. The van der Waals surface area contributed by atoms with Gasteiger partial charge in [-0.1, -0.05) is 58.4 Å². The number of aromatic nitrogens is 1. The van der Waals surface area contributed by atoms with Crippen molar-refractivity contribution in [2.45, 2.75) is 32.4 Å². The zero-order valence-corrected chi connectivity index (χ0v) is 31.1. The zero-order chi connectivity index (χ0) is 34.9. The molecular formula is C40H44BrClN4O5. The van der Waals surface area contributed by atoms with Gasteiger partial charge in [-0.15, -0.1) is 12.4 Å². The number of carbonyl (C=O) groups excluding carboxylic acids is 1. The number of benzene rings is 4. The summed E-state index contributed by atoms with van der Waals surface area (Å²) < 4.78 is 15.0. The second kappa shape index (κ2) is 18.1. The molecule has 6 rings (SSSR count). The summed E-state index contributed by atoms with van der Waals surface area (Å²) in [5, 5.41) is 13.5. The summed E-state index contributed by atoms with van der Waals surface area (Å²) >= 11 is 3.50. The van der Waals surface area contributed by atoms with Crippen LogP contribution in [0.15, 0.2) is 102 Å². The van der Waals surface area contributed by atoms with Gasteiger partial charge in [-0.25, -0.2) is 0 Å². The Morgan fingerprint density at radius 2 is 1.61 bits per heavy atom. The summed E-state index contributed by atoms with van der Waals surface area (Å²) in [6, 6.07) is 29.7. The molecule has 0 aliphatic carbocycles. The van der Waals surface area contributed by atoms with E-state index in [-0.39, 0.29) is 24.6 Å². The van der Waals surface area contributed by atoms with Crippen molar-refractivity contribution in [2.75, 3.05) is 56.7 Å². The molecule has 5 aromatic rings. The first-order chi connectivity index (χ1) is 24.4. The van der Waals surface area contributed by atoms with Gasteiger partial charge in [-0.2, -0.15) is 0 Å². The largest absolute Gasteiger partial charge is 0.495 e. The number of carboxylic acid groups (broad SMARTS) is 1. The molecule has 1 saturated heterocycles. The Morgan fingerprint density at radius 1 is 0.863 bits per heavy atom. The number of fused-ring (bicyclic) bond motifs is 1. The molecule has 0 spiro atoms. The number of hydrogen-bond donors (Lipinski definition) is 2. The maximum atomic E-state index is 14.0. The molecule has 0 bridgehead atoms. The van der Waals surface area contributed by atoms with Crippen LogP contribution < -0.4 is 19.7 Å². The van der Waals surface area contributed by atoms with Crippen LogP contribution in [0.5, 0.6) is 11.5 Å². The second-order valence-corrected chi connectivity index (χ2v) is 13.4. The molecule has 0 saturated carbocycles. The summed E-state index contributed by atoms with van der Waals surface area (Å²) in [4.78, 5) is 30.0. The monoisotopic (exact) mass is 774 g/mol. The van der Waals surface area contributed by atoms with E-state index < -0.39 is 5.97 Å². The maximum Gasteiger partial charge on any atom is 0.303 e. The highest BCUT2D eigenvalue weighted by Gasteiger charge is 2.21. The van der Waals surface area contributed by atoms with Crippen molar-refractivity contribution < 1.29 is 24.2 Å². The molecule has 9 nitrogen and oxygen atoms in total. The third-order valence-electron chi connectivity index (χ3n) is 9.14. The lowest BCUT2D eigenvalue weighted by Crippen LogP contribution is -2.46. The fraction of sp³-hybridized carbons (Fsp3) is 0.300. The van der Waals surface area contributed by atoms with Crippen LogP contribution in [-0.2, 0) is 17.9 Å². The number of ketones is 1. The van der Waals surface area contributed by atoms with Gasteiger partial charge in [0.15, 0.2) is 5.78 Å². The lowest BCUT2D eigenvalue weighted by molar-refractivity contribution is -0.137. The number of halogens is 2. The topological polar surface area (TPSA) is 96.3 Å². The first-order valence-electron chi connectivity index (χ1n) is 17.1. The molecule has 2 N–H and O–H groups in total. The summed E-state index contributed by atoms with van der Waals surface area (Å²) in [6.07, 6.45) is 3.26. The number of nitrogens with one attached hydrogen (secondary N) is 1. The average Bonchev–Trinajstić information content (AvgIpc) is 3.51. The van der Waals surface area contributed by atoms with Crippen LogP contribution in [0.25, 0.3) is 10.9 Å². The molecule has 0 radical (unpaired) electrons. The Hall–Kier alpha value is -4.51. The normalized spacial score (nSPS) is 13.1. The van der Waals surface area contributed by atoms with Crippen LogP contribution >= 0.6 is 28.3 Å². The van der Waals surface area contributed by atoms with Gasteiger partial charge in [0.1, 0.15) is 11.5 Å². The minimum absolute atomic E-state index is 0. The molecule has 0 amide bonds. The molecule has 1 fully saturated rings. The Morgan fingerprint density at radius 3 is 2.37 bits per heavy atom. The third kappa shape index (κ3) is 9.64. The third-order valence-corrected chi connectivity index (χ3v) is 9.67. The number of anilines is 2. The molecule has 11 heteroatoms. The molecule has 1 aliphatic heterocycles. The number of hydrogen-bond acceptors (Lipinski definition) is 7. The smallest absolute Gasteiger partial charge is 0.303 e. The van der Waals surface area contributed by atoms with Gasteiger partial charge >= 0.3 is 5.97 Å². The predicted octanol–water partition coefficient (Wildman–Crippen LogP) is 8.13. The molecule has 0 unspecified atom stereocenters. The number of aliphatic carboxylic acids is 1. The Labute approximate surface area is 313 Å². The highest BCUT2D eigenvalue weighted by Crippen LogP contribution is 2.31. The molecule has 0 atom stereocenters. The first kappa shape index (κ1) is 37.7. The number of aryl methyl sites for hydroxylation is 1. The van der Waals surface area contributed by atoms with Crippen molar-refractivity contribution in [3.63, 3.8) is 0 Å². The van der Waals surface area contributed by atoms with Crippen LogP contribution in [0.3, 0.4) is 0 Å². The number of carbonyl (C=O) groups is 2. The highest BCUT2D eigenvalue weighted by molar-refractivity contribution is 9.10. The molecule has 2 heterocycles. The van der Waals surface area contributed by atoms with E-state index >= 15 is 0 Å². The number of carboxylic acids is 1. The van der Waals surface area contributed by atoms with E-state index in [4.69, 9.17) is 14.6 Å². The zero-order valence-electron chi connectivity index (χ0n) is 28.7. The van der Waals surface area contributed by atoms with Gasteiger partial charge < -0.3 is 29.4 Å². The molecule has 51 heavy (non-hydrogen) atoms. The molecule has 4 aromatic carbocycles. The standard InChI is InChI=1S/C40H43BrN4O5.ClH/c1-49-37-11-5-4-10-36(37)44-23-21-43(22-24-44)19-7-25-50-38-26-30(15-18-34(38)42-27-29-13-16-31(41)17-14-29)40(48)33-28-45(20-6-12-39(46)47)35-9-3-2-8-32(33)35;/h2-5,8-11,13-18,26,28,42H,6-7,12,19-25,27H2,1H3,(H,46,47);1H. The van der Waals surface area contributed by atoms with Gasteiger partial charge in [-0.05, 0) is 66.9 Å². The fourth-order valence-corrected chi connectivity index (χ4v) is 6.74. The van der Waals surface area contributed by atoms with Gasteiger partial charge in [0.05, 0.1) is 25.1 Å². The molecule has 1 aromatic heterocycles. The van der Waals surface area contributed by atoms with Crippen molar-refractivity contribution >= 4 is 62.4 Å². The summed E-state index contributed by atoms with van der Waals surface area (Å²) in [5.74, 6) is 0.612. The van der Waals surface area contributed by atoms with Gasteiger partial charge in [-0.3, -0.25) is 14.5 Å². The second-order valence-electron chi connectivity index (χ2n) is 12.5. The molecule has 268 valence electrons. The van der Waals surface area contributed by atoms with Crippen molar-refractivity contribution in [3.8, 4) is 11.5 Å². The van der Waals surface area contributed by atoms with Crippen molar-refractivity contribution in [1.82, 2.24) is 9.47 Å². The van der Waals surface area contributed by atoms with Crippen LogP contribution in [0.2, 0.25) is 0 Å². The van der Waals surface area contributed by atoms with E-state index in [1.807, 2.05) is 77.5 Å².